The lowest BCUT2D eigenvalue weighted by molar-refractivity contribution is 0.0986. The van der Waals surface area contributed by atoms with E-state index in [0.29, 0.717) is 29.3 Å². The highest BCUT2D eigenvalue weighted by Gasteiger charge is 2.24. The summed E-state index contributed by atoms with van der Waals surface area (Å²) in [6.45, 7) is 0.965. The number of aryl methyl sites for hydroxylation is 1. The van der Waals surface area contributed by atoms with Crippen LogP contribution in [0.5, 0.6) is 0 Å². The van der Waals surface area contributed by atoms with Crippen LogP contribution < -0.4 is 4.90 Å². The molecule has 148 valence electrons. The zero-order valence-corrected chi connectivity index (χ0v) is 16.6. The Hall–Kier alpha value is -2.84. The first-order valence-electron chi connectivity index (χ1n) is 8.80. The van der Waals surface area contributed by atoms with E-state index in [1.54, 1.807) is 24.7 Å². The Morgan fingerprint density at radius 3 is 2.83 bits per heavy atom. The van der Waals surface area contributed by atoms with Crippen molar-refractivity contribution in [1.29, 1.82) is 0 Å². The number of rotatable bonds is 6. The number of hydrogen-bond acceptors (Lipinski definition) is 4. The van der Waals surface area contributed by atoms with Crippen LogP contribution in [0.1, 0.15) is 16.8 Å². The number of carbonyl (C=O) groups is 1. The van der Waals surface area contributed by atoms with Crippen LogP contribution in [0.3, 0.4) is 0 Å². The summed E-state index contributed by atoms with van der Waals surface area (Å²) < 4.78 is 30.0. The largest absolute Gasteiger partial charge is 0.337 e. The Bertz CT molecular complexity index is 1160. The molecule has 0 N–H and O–H groups in total. The lowest BCUT2D eigenvalue weighted by Gasteiger charge is -2.20. The van der Waals surface area contributed by atoms with E-state index in [2.05, 4.69) is 9.97 Å². The molecule has 0 bridgehead atoms. The molecule has 2 heterocycles. The van der Waals surface area contributed by atoms with Crippen LogP contribution in [-0.4, -0.2) is 27.0 Å². The van der Waals surface area contributed by atoms with Gasteiger partial charge in [-0.3, -0.25) is 9.69 Å². The summed E-state index contributed by atoms with van der Waals surface area (Å²) in [6.07, 6.45) is 5.81. The van der Waals surface area contributed by atoms with Crippen molar-refractivity contribution in [3.63, 3.8) is 0 Å². The Labute approximate surface area is 174 Å². The van der Waals surface area contributed by atoms with Gasteiger partial charge < -0.3 is 4.57 Å². The normalized spacial score (nSPS) is 11.1. The van der Waals surface area contributed by atoms with Crippen molar-refractivity contribution < 1.29 is 13.6 Å². The van der Waals surface area contributed by atoms with Crippen LogP contribution in [0.25, 0.3) is 10.2 Å². The Morgan fingerprint density at radius 2 is 2.10 bits per heavy atom. The molecule has 0 saturated heterocycles. The van der Waals surface area contributed by atoms with Crippen molar-refractivity contribution >= 4 is 44.2 Å². The maximum Gasteiger partial charge on any atom is 0.261 e. The number of aromatic nitrogens is 3. The molecule has 4 aromatic rings. The van der Waals surface area contributed by atoms with Crippen LogP contribution in [0.4, 0.5) is 13.9 Å². The topological polar surface area (TPSA) is 51.0 Å². The fourth-order valence-corrected chi connectivity index (χ4v) is 4.19. The van der Waals surface area contributed by atoms with E-state index < -0.39 is 17.5 Å². The van der Waals surface area contributed by atoms with E-state index in [9.17, 15) is 13.6 Å². The zero-order chi connectivity index (χ0) is 20.4. The number of imidazole rings is 1. The van der Waals surface area contributed by atoms with E-state index in [0.717, 1.165) is 6.07 Å². The molecule has 2 aromatic heterocycles. The third-order valence-electron chi connectivity index (χ3n) is 4.35. The molecule has 0 atom stereocenters. The fraction of sp³-hybridized carbons (Fsp3) is 0.150. The SMILES string of the molecule is O=C(c1ccc(F)cc1Cl)N(CCCn1ccnc1)c1nc2c(F)cccc2s1. The fourth-order valence-electron chi connectivity index (χ4n) is 2.94. The summed E-state index contributed by atoms with van der Waals surface area (Å²) >= 11 is 7.32. The number of para-hydroxylation sites is 1. The number of nitrogens with zero attached hydrogens (tertiary/aromatic N) is 4. The van der Waals surface area contributed by atoms with Crippen molar-refractivity contribution in [2.75, 3.05) is 11.4 Å². The second-order valence-corrected chi connectivity index (χ2v) is 7.73. The third kappa shape index (κ3) is 4.13. The molecule has 0 radical (unpaired) electrons. The van der Waals surface area contributed by atoms with Crippen molar-refractivity contribution in [2.24, 2.45) is 0 Å². The Morgan fingerprint density at radius 1 is 1.24 bits per heavy atom. The molecular weight excluding hydrogens is 418 g/mol. The minimum atomic E-state index is -0.528. The molecule has 0 spiro atoms. The smallest absolute Gasteiger partial charge is 0.261 e. The first kappa shape index (κ1) is 19.5. The van der Waals surface area contributed by atoms with Crippen LogP contribution in [0.15, 0.2) is 55.1 Å². The second-order valence-electron chi connectivity index (χ2n) is 6.32. The molecule has 4 rings (SSSR count). The van der Waals surface area contributed by atoms with E-state index >= 15 is 0 Å². The van der Waals surface area contributed by atoms with Crippen LogP contribution in [0, 0.1) is 11.6 Å². The van der Waals surface area contributed by atoms with Gasteiger partial charge in [0.1, 0.15) is 17.2 Å². The lowest BCUT2D eigenvalue weighted by atomic mass is 10.2. The van der Waals surface area contributed by atoms with Gasteiger partial charge in [-0.15, -0.1) is 0 Å². The molecule has 0 saturated carbocycles. The zero-order valence-electron chi connectivity index (χ0n) is 15.1. The van der Waals surface area contributed by atoms with Gasteiger partial charge in [0.2, 0.25) is 0 Å². The van der Waals surface area contributed by atoms with Gasteiger partial charge in [-0.05, 0) is 36.8 Å². The summed E-state index contributed by atoms with van der Waals surface area (Å²) in [6, 6.07) is 8.29. The average Bonchev–Trinajstić information content (AvgIpc) is 3.35. The summed E-state index contributed by atoms with van der Waals surface area (Å²) in [5.41, 5.74) is 0.375. The van der Waals surface area contributed by atoms with Gasteiger partial charge >= 0.3 is 0 Å². The van der Waals surface area contributed by atoms with Gasteiger partial charge in [-0.1, -0.05) is 29.0 Å². The van der Waals surface area contributed by atoms with Crippen molar-refractivity contribution in [1.82, 2.24) is 14.5 Å². The average molecular weight is 433 g/mol. The summed E-state index contributed by atoms with van der Waals surface area (Å²) in [7, 11) is 0. The molecule has 0 fully saturated rings. The maximum absolute atomic E-state index is 14.1. The van der Waals surface area contributed by atoms with E-state index in [-0.39, 0.29) is 16.1 Å². The number of amides is 1. The summed E-state index contributed by atoms with van der Waals surface area (Å²) in [5.74, 6) is -1.39. The molecule has 9 heteroatoms. The predicted molar refractivity (Wildman–Crippen MR) is 110 cm³/mol. The number of halogens is 3. The molecule has 5 nitrogen and oxygen atoms in total. The molecule has 0 aliphatic rings. The minimum Gasteiger partial charge on any atom is -0.337 e. The van der Waals surface area contributed by atoms with Gasteiger partial charge in [0.25, 0.3) is 5.91 Å². The number of thiazole rings is 1. The van der Waals surface area contributed by atoms with Gasteiger partial charge in [-0.2, -0.15) is 0 Å². The molecular formula is C20H15ClF2N4OS. The Kier molecular flexibility index (Phi) is 5.55. The first-order chi connectivity index (χ1) is 14.0. The highest BCUT2D eigenvalue weighted by Crippen LogP contribution is 2.32. The van der Waals surface area contributed by atoms with Crippen LogP contribution in [-0.2, 0) is 6.54 Å². The van der Waals surface area contributed by atoms with Gasteiger partial charge in [0, 0.05) is 25.5 Å². The van der Waals surface area contributed by atoms with Crippen LogP contribution >= 0.6 is 22.9 Å². The van der Waals surface area contributed by atoms with E-state index in [1.807, 2.05) is 10.8 Å². The van der Waals surface area contributed by atoms with Gasteiger partial charge in [0.05, 0.1) is 21.6 Å². The standard InChI is InChI=1S/C20H15ClF2N4OS/c21-15-11-13(22)5-6-14(15)19(28)27(9-2-8-26-10-7-24-12-26)20-25-18-16(23)3-1-4-17(18)29-20/h1,3-7,10-12H,2,8-9H2. The number of benzene rings is 2. The summed E-state index contributed by atoms with van der Waals surface area (Å²) in [4.78, 5) is 23.0. The first-order valence-corrected chi connectivity index (χ1v) is 10.00. The molecule has 2 aromatic carbocycles. The van der Waals surface area contributed by atoms with E-state index in [1.165, 1.54) is 34.4 Å². The molecule has 0 aliphatic carbocycles. The quantitative estimate of drug-likeness (QED) is 0.423. The van der Waals surface area contributed by atoms with Gasteiger partial charge in [-0.25, -0.2) is 18.7 Å². The second kappa shape index (κ2) is 8.26. The number of carbonyl (C=O) groups excluding carboxylic acids is 1. The maximum atomic E-state index is 14.1. The lowest BCUT2D eigenvalue weighted by Crippen LogP contribution is -2.32. The molecule has 0 unspecified atom stereocenters. The van der Waals surface area contributed by atoms with Gasteiger partial charge in [0.15, 0.2) is 5.13 Å². The van der Waals surface area contributed by atoms with Crippen LogP contribution in [0.2, 0.25) is 5.02 Å². The monoisotopic (exact) mass is 432 g/mol. The highest BCUT2D eigenvalue weighted by atomic mass is 35.5. The van der Waals surface area contributed by atoms with Crippen molar-refractivity contribution in [2.45, 2.75) is 13.0 Å². The molecule has 1 amide bonds. The van der Waals surface area contributed by atoms with Crippen molar-refractivity contribution in [3.05, 3.63) is 77.3 Å². The van der Waals surface area contributed by atoms with E-state index in [4.69, 9.17) is 11.6 Å². The number of anilines is 1. The number of fused-ring (bicyclic) bond motifs is 1. The minimum absolute atomic E-state index is 0.0156. The van der Waals surface area contributed by atoms with Crippen molar-refractivity contribution in [3.8, 4) is 0 Å². The predicted octanol–water partition coefficient (Wildman–Crippen LogP) is 5.16. The number of hydrogen-bond donors (Lipinski definition) is 0. The third-order valence-corrected chi connectivity index (χ3v) is 5.71. The molecule has 0 aliphatic heterocycles. The highest BCUT2D eigenvalue weighted by molar-refractivity contribution is 7.22. The summed E-state index contributed by atoms with van der Waals surface area (Å²) in [5, 5.41) is 0.378. The Balaban J connectivity index is 1.67. The molecule has 29 heavy (non-hydrogen) atoms.